The molecule has 1 aliphatic heterocycles. The molecule has 1 atom stereocenters. The number of nitrogens with zero attached hydrogens (tertiary/aromatic N) is 4. The Hall–Kier alpha value is -1.72. The molecule has 1 N–H and O–H groups in total. The molecule has 1 aliphatic rings. The number of hydrogen-bond acceptors (Lipinski definition) is 7. The number of amides is 1. The first-order chi connectivity index (χ1) is 9.33. The smallest absolute Gasteiger partial charge is 0.409 e. The Kier molecular flexibility index (Phi) is 4.20. The zero-order valence-electron chi connectivity index (χ0n) is 10.7. The van der Waals surface area contributed by atoms with Gasteiger partial charge < -0.3 is 9.64 Å². The van der Waals surface area contributed by atoms with Crippen LogP contribution in [0, 0.1) is 0 Å². The van der Waals surface area contributed by atoms with E-state index in [9.17, 15) is 13.2 Å². The molecule has 2 rings (SSSR count). The summed E-state index contributed by atoms with van der Waals surface area (Å²) < 4.78 is 38.5. The van der Waals surface area contributed by atoms with E-state index in [-0.39, 0.29) is 24.5 Å². The molecule has 0 aliphatic carbocycles. The second kappa shape index (κ2) is 5.73. The normalized spacial score (nSPS) is 19.4. The highest BCUT2D eigenvalue weighted by molar-refractivity contribution is 7.80. The fourth-order valence-electron chi connectivity index (χ4n) is 1.70. The van der Waals surface area contributed by atoms with Crippen molar-refractivity contribution in [2.75, 3.05) is 13.6 Å². The summed E-state index contributed by atoms with van der Waals surface area (Å²) in [6.07, 6.45) is 1.31. The summed E-state index contributed by atoms with van der Waals surface area (Å²) in [5.41, 5.74) is 0.267. The number of aryl methyl sites for hydroxylation is 1. The van der Waals surface area contributed by atoms with Gasteiger partial charge >= 0.3 is 16.5 Å². The molecule has 112 valence electrons. The Balaban J connectivity index is 1.80. The van der Waals surface area contributed by atoms with Crippen LogP contribution in [0.2, 0.25) is 0 Å². The summed E-state index contributed by atoms with van der Waals surface area (Å²) in [5, 5.41) is 7.87. The van der Waals surface area contributed by atoms with Crippen LogP contribution < -0.4 is 0 Å². The number of rotatable bonds is 6. The molecule has 1 aromatic rings. The third-order valence-corrected chi connectivity index (χ3v) is 3.06. The van der Waals surface area contributed by atoms with E-state index in [4.69, 9.17) is 9.29 Å². The van der Waals surface area contributed by atoms with Gasteiger partial charge in [-0.1, -0.05) is 0 Å². The topological polar surface area (TPSA) is 124 Å². The van der Waals surface area contributed by atoms with Crippen LogP contribution in [0.15, 0.2) is 6.20 Å². The van der Waals surface area contributed by atoms with Gasteiger partial charge in [-0.2, -0.15) is 23.4 Å². The lowest BCUT2D eigenvalue weighted by molar-refractivity contribution is 0.127. The zero-order chi connectivity index (χ0) is 14.8. The molecule has 20 heavy (non-hydrogen) atoms. The first kappa shape index (κ1) is 14.7. The molecule has 0 bridgehead atoms. The molecule has 0 aromatic carbocycles. The number of hydrogen-bond donors (Lipinski definition) is 1. The molecule has 1 fully saturated rings. The van der Waals surface area contributed by atoms with Crippen LogP contribution in [-0.2, 0) is 32.5 Å². The van der Waals surface area contributed by atoms with Crippen molar-refractivity contribution in [2.24, 2.45) is 0 Å². The number of cyclic esters (lactones) is 1. The predicted molar refractivity (Wildman–Crippen MR) is 63.9 cm³/mol. The largest absolute Gasteiger partial charge is 0.444 e. The van der Waals surface area contributed by atoms with Crippen LogP contribution in [0.1, 0.15) is 12.1 Å². The fraction of sp³-hybridized carbons (Fsp3) is 0.667. The van der Waals surface area contributed by atoms with E-state index in [1.165, 1.54) is 15.9 Å². The van der Waals surface area contributed by atoms with E-state index in [0.29, 0.717) is 19.5 Å². The van der Waals surface area contributed by atoms with Crippen LogP contribution in [0.4, 0.5) is 4.79 Å². The number of aromatic nitrogens is 3. The maximum Gasteiger partial charge on any atom is 0.409 e. The average molecular weight is 306 g/mol. The van der Waals surface area contributed by atoms with Crippen LogP contribution in [0.3, 0.4) is 0 Å². The number of ether oxygens (including phenoxy) is 1. The summed E-state index contributed by atoms with van der Waals surface area (Å²) in [4.78, 5) is 14.0. The highest BCUT2D eigenvalue weighted by atomic mass is 32.3. The molecule has 1 aromatic heterocycles. The third-order valence-electron chi connectivity index (χ3n) is 2.65. The lowest BCUT2D eigenvalue weighted by Gasteiger charge is -2.06. The molecule has 11 heteroatoms. The Labute approximate surface area is 115 Å². The van der Waals surface area contributed by atoms with Crippen LogP contribution in [0.5, 0.6) is 0 Å². The van der Waals surface area contributed by atoms with Crippen molar-refractivity contribution in [3.63, 3.8) is 0 Å². The summed E-state index contributed by atoms with van der Waals surface area (Å²) in [5.74, 6) is 0. The number of likely N-dealkylation sites (N-methyl/N-ethyl adjacent to an activating group) is 1. The minimum atomic E-state index is -4.49. The molecule has 0 unspecified atom stereocenters. The minimum absolute atomic E-state index is 0.212. The quantitative estimate of drug-likeness (QED) is 0.693. The molecule has 2 heterocycles. The summed E-state index contributed by atoms with van der Waals surface area (Å²) in [6, 6.07) is 0. The van der Waals surface area contributed by atoms with Gasteiger partial charge in [0.15, 0.2) is 0 Å². The van der Waals surface area contributed by atoms with Gasteiger partial charge in [0.25, 0.3) is 0 Å². The Bertz CT molecular complexity index is 585. The van der Waals surface area contributed by atoms with Crippen LogP contribution in [-0.4, -0.2) is 58.7 Å². The maximum atomic E-state index is 11.1. The second-order valence-electron chi connectivity index (χ2n) is 4.30. The molecule has 1 saturated heterocycles. The predicted octanol–water partition coefficient (Wildman–Crippen LogP) is -0.562. The van der Waals surface area contributed by atoms with Crippen LogP contribution in [0.25, 0.3) is 0 Å². The van der Waals surface area contributed by atoms with Crippen molar-refractivity contribution >= 4 is 16.5 Å². The Morgan fingerprint density at radius 2 is 2.35 bits per heavy atom. The summed E-state index contributed by atoms with van der Waals surface area (Å²) in [7, 11) is -2.84. The highest BCUT2D eigenvalue weighted by Crippen LogP contribution is 2.12. The van der Waals surface area contributed by atoms with E-state index in [1.807, 2.05) is 0 Å². The van der Waals surface area contributed by atoms with E-state index in [0.717, 1.165) is 0 Å². The van der Waals surface area contributed by atoms with Crippen LogP contribution >= 0.6 is 0 Å². The van der Waals surface area contributed by atoms with Crippen molar-refractivity contribution in [3.8, 4) is 0 Å². The molecular formula is C9H14N4O6S. The summed E-state index contributed by atoms with van der Waals surface area (Å²) in [6.45, 7) is 0.538. The Morgan fingerprint density at radius 1 is 1.60 bits per heavy atom. The van der Waals surface area contributed by atoms with E-state index in [1.54, 1.807) is 7.05 Å². The van der Waals surface area contributed by atoms with Gasteiger partial charge in [0.05, 0.1) is 19.3 Å². The molecule has 0 radical (unpaired) electrons. The van der Waals surface area contributed by atoms with Gasteiger partial charge in [0.2, 0.25) is 0 Å². The van der Waals surface area contributed by atoms with E-state index < -0.39 is 10.4 Å². The van der Waals surface area contributed by atoms with Crippen molar-refractivity contribution in [2.45, 2.75) is 25.7 Å². The molecule has 0 spiro atoms. The lowest BCUT2D eigenvalue weighted by Crippen LogP contribution is -2.20. The van der Waals surface area contributed by atoms with Crippen molar-refractivity contribution in [1.82, 2.24) is 19.9 Å². The third kappa shape index (κ3) is 4.15. The van der Waals surface area contributed by atoms with Gasteiger partial charge in [-0.3, -0.25) is 4.55 Å². The monoisotopic (exact) mass is 306 g/mol. The zero-order valence-corrected chi connectivity index (χ0v) is 11.5. The van der Waals surface area contributed by atoms with Crippen molar-refractivity contribution < 1.29 is 26.7 Å². The van der Waals surface area contributed by atoms with Crippen molar-refractivity contribution in [3.05, 3.63) is 11.9 Å². The Morgan fingerprint density at radius 3 is 2.95 bits per heavy atom. The van der Waals surface area contributed by atoms with Gasteiger partial charge in [0.1, 0.15) is 18.4 Å². The standard InChI is InChI=1S/C9H14N4O6S/c1-12-5-8(19-9(12)14)2-3-13-10-4-7(11-13)6-18-20(15,16)17/h4,8H,2-3,5-6H2,1H3,(H,15,16,17)/t8-/m1/s1. The van der Waals surface area contributed by atoms with E-state index >= 15 is 0 Å². The number of carbonyl (C=O) groups is 1. The fourth-order valence-corrected chi connectivity index (χ4v) is 1.97. The molecular weight excluding hydrogens is 292 g/mol. The lowest BCUT2D eigenvalue weighted by atomic mass is 10.2. The van der Waals surface area contributed by atoms with Gasteiger partial charge in [0, 0.05) is 13.5 Å². The second-order valence-corrected chi connectivity index (χ2v) is 5.39. The van der Waals surface area contributed by atoms with Gasteiger partial charge in [-0.25, -0.2) is 8.98 Å². The highest BCUT2D eigenvalue weighted by Gasteiger charge is 2.27. The maximum absolute atomic E-state index is 11.1. The van der Waals surface area contributed by atoms with Gasteiger partial charge in [-0.15, -0.1) is 0 Å². The van der Waals surface area contributed by atoms with Crippen molar-refractivity contribution in [1.29, 1.82) is 0 Å². The van der Waals surface area contributed by atoms with Gasteiger partial charge in [-0.05, 0) is 0 Å². The minimum Gasteiger partial charge on any atom is -0.444 e. The summed E-state index contributed by atoms with van der Waals surface area (Å²) >= 11 is 0. The molecule has 0 saturated carbocycles. The van der Waals surface area contributed by atoms with E-state index in [2.05, 4.69) is 14.4 Å². The SMILES string of the molecule is CN1C[C@@H](CCn2ncc(COS(=O)(=O)O)n2)OC1=O. The molecule has 1 amide bonds. The first-order valence-electron chi connectivity index (χ1n) is 5.76. The average Bonchev–Trinajstić information content (AvgIpc) is 2.91. The molecule has 10 nitrogen and oxygen atoms in total. The first-order valence-corrected chi connectivity index (χ1v) is 7.12. The number of carbonyl (C=O) groups excluding carboxylic acids is 1.